The van der Waals surface area contributed by atoms with E-state index in [-0.39, 0.29) is 22.6 Å². The molecular weight excluding hydrogens is 244 g/mol. The van der Waals surface area contributed by atoms with Gasteiger partial charge in [0.15, 0.2) is 0 Å². The highest BCUT2D eigenvalue weighted by Crippen LogP contribution is 2.44. The van der Waals surface area contributed by atoms with Crippen molar-refractivity contribution in [1.82, 2.24) is 0 Å². The first kappa shape index (κ1) is 15.3. The van der Waals surface area contributed by atoms with Crippen molar-refractivity contribution < 1.29 is 20.1 Å². The van der Waals surface area contributed by atoms with Crippen LogP contribution in [0, 0.1) is 0 Å². The number of benzene rings is 1. The molecule has 0 heterocycles. The Hall–Kier alpha value is -1.71. The van der Waals surface area contributed by atoms with Gasteiger partial charge < -0.3 is 15.3 Å². The number of aromatic hydroxyl groups is 2. The Kier molecular flexibility index (Phi) is 3.59. The zero-order chi connectivity index (χ0) is 15.2. The summed E-state index contributed by atoms with van der Waals surface area (Å²) in [6.07, 6.45) is 0. The predicted molar refractivity (Wildman–Crippen MR) is 74.1 cm³/mol. The van der Waals surface area contributed by atoms with E-state index in [4.69, 9.17) is 0 Å². The van der Waals surface area contributed by atoms with E-state index in [2.05, 4.69) is 0 Å². The summed E-state index contributed by atoms with van der Waals surface area (Å²) in [6.45, 7) is 11.1. The van der Waals surface area contributed by atoms with E-state index in [0.717, 1.165) is 0 Å². The first-order valence-corrected chi connectivity index (χ1v) is 6.20. The number of carboxylic acids is 1. The Morgan fingerprint density at radius 2 is 1.47 bits per heavy atom. The summed E-state index contributed by atoms with van der Waals surface area (Å²) in [5.41, 5.74) is -0.391. The van der Waals surface area contributed by atoms with E-state index in [1.165, 1.54) is 6.07 Å². The van der Waals surface area contributed by atoms with Gasteiger partial charge in [0.25, 0.3) is 0 Å². The molecule has 0 saturated carbocycles. The van der Waals surface area contributed by atoms with Crippen LogP contribution in [0.1, 0.15) is 63.0 Å². The summed E-state index contributed by atoms with van der Waals surface area (Å²) in [7, 11) is 0. The van der Waals surface area contributed by atoms with Gasteiger partial charge in [-0.1, -0.05) is 41.5 Å². The Bertz CT molecular complexity index is 516. The van der Waals surface area contributed by atoms with Crippen LogP contribution in [0.4, 0.5) is 0 Å². The molecule has 0 aromatic heterocycles. The van der Waals surface area contributed by atoms with Crippen molar-refractivity contribution in [3.63, 3.8) is 0 Å². The van der Waals surface area contributed by atoms with Crippen molar-refractivity contribution in [3.05, 3.63) is 22.8 Å². The standard InChI is InChI=1S/C15H22O4/c1-14(2,3)8-7-9(16)10(13(18)19)11(12(8)17)15(4,5)6/h7,16-17H,1-6H3,(H,18,19). The lowest BCUT2D eigenvalue weighted by molar-refractivity contribution is 0.0690. The van der Waals surface area contributed by atoms with Crippen molar-refractivity contribution in [2.45, 2.75) is 52.4 Å². The maximum Gasteiger partial charge on any atom is 0.339 e. The predicted octanol–water partition coefficient (Wildman–Crippen LogP) is 3.39. The van der Waals surface area contributed by atoms with Crippen LogP contribution in [0.15, 0.2) is 6.07 Å². The summed E-state index contributed by atoms with van der Waals surface area (Å²) in [4.78, 5) is 11.3. The number of carbonyl (C=O) groups is 1. The molecule has 0 aliphatic carbocycles. The molecule has 0 aliphatic rings. The van der Waals surface area contributed by atoms with E-state index in [9.17, 15) is 20.1 Å². The number of rotatable bonds is 1. The normalized spacial score (nSPS) is 12.5. The molecule has 0 bridgehead atoms. The van der Waals surface area contributed by atoms with Crippen LogP contribution < -0.4 is 0 Å². The summed E-state index contributed by atoms with van der Waals surface area (Å²) < 4.78 is 0. The molecule has 0 aliphatic heterocycles. The van der Waals surface area contributed by atoms with Crippen LogP contribution in [0.2, 0.25) is 0 Å². The number of hydrogen-bond donors (Lipinski definition) is 3. The summed E-state index contributed by atoms with van der Waals surface area (Å²) in [5.74, 6) is -1.59. The second-order valence-corrected chi connectivity index (χ2v) is 6.85. The van der Waals surface area contributed by atoms with Crippen LogP contribution in [0.5, 0.6) is 11.5 Å². The van der Waals surface area contributed by atoms with Gasteiger partial charge in [-0.05, 0) is 16.9 Å². The van der Waals surface area contributed by atoms with E-state index in [0.29, 0.717) is 5.56 Å². The van der Waals surface area contributed by atoms with Gasteiger partial charge in [-0.25, -0.2) is 4.79 Å². The molecule has 1 rings (SSSR count). The highest BCUT2D eigenvalue weighted by atomic mass is 16.4. The SMILES string of the molecule is CC(C)(C)c1cc(O)c(C(=O)O)c(C(C)(C)C)c1O. The molecule has 1 aromatic carbocycles. The van der Waals surface area contributed by atoms with Crippen LogP contribution in [-0.2, 0) is 10.8 Å². The highest BCUT2D eigenvalue weighted by Gasteiger charge is 2.32. The van der Waals surface area contributed by atoms with Gasteiger partial charge in [-0.15, -0.1) is 0 Å². The fraction of sp³-hybridized carbons (Fsp3) is 0.533. The average molecular weight is 266 g/mol. The monoisotopic (exact) mass is 266 g/mol. The van der Waals surface area contributed by atoms with Crippen molar-refractivity contribution in [2.24, 2.45) is 0 Å². The molecule has 19 heavy (non-hydrogen) atoms. The molecule has 4 nitrogen and oxygen atoms in total. The first-order valence-electron chi connectivity index (χ1n) is 6.20. The fourth-order valence-electron chi connectivity index (χ4n) is 2.18. The molecule has 1 aromatic rings. The van der Waals surface area contributed by atoms with E-state index in [1.807, 2.05) is 20.8 Å². The van der Waals surface area contributed by atoms with Crippen molar-refractivity contribution in [1.29, 1.82) is 0 Å². The van der Waals surface area contributed by atoms with Gasteiger partial charge in [0.05, 0.1) is 0 Å². The van der Waals surface area contributed by atoms with Crippen molar-refractivity contribution >= 4 is 5.97 Å². The van der Waals surface area contributed by atoms with Crippen molar-refractivity contribution in [3.8, 4) is 11.5 Å². The van der Waals surface area contributed by atoms with Crippen LogP contribution in [-0.4, -0.2) is 21.3 Å². The van der Waals surface area contributed by atoms with Gasteiger partial charge in [0.1, 0.15) is 17.1 Å². The number of carboxylic acid groups (broad SMARTS) is 1. The zero-order valence-corrected chi connectivity index (χ0v) is 12.3. The van der Waals surface area contributed by atoms with Crippen LogP contribution >= 0.6 is 0 Å². The molecule has 0 unspecified atom stereocenters. The molecule has 0 fully saturated rings. The van der Waals surface area contributed by atoms with E-state index < -0.39 is 16.8 Å². The molecule has 106 valence electrons. The lowest BCUT2D eigenvalue weighted by Gasteiger charge is -2.29. The van der Waals surface area contributed by atoms with Crippen molar-refractivity contribution in [2.75, 3.05) is 0 Å². The molecule has 0 atom stereocenters. The second kappa shape index (κ2) is 4.44. The Morgan fingerprint density at radius 3 is 1.79 bits per heavy atom. The zero-order valence-electron chi connectivity index (χ0n) is 12.3. The largest absolute Gasteiger partial charge is 0.507 e. The number of phenols is 2. The second-order valence-electron chi connectivity index (χ2n) is 6.85. The lowest BCUT2D eigenvalue weighted by atomic mass is 9.77. The van der Waals surface area contributed by atoms with E-state index >= 15 is 0 Å². The molecular formula is C15H22O4. The molecule has 0 radical (unpaired) electrons. The molecule has 0 saturated heterocycles. The Balaban J connectivity index is 3.84. The molecule has 0 amide bonds. The molecule has 4 heteroatoms. The van der Waals surface area contributed by atoms with E-state index in [1.54, 1.807) is 20.8 Å². The lowest BCUT2D eigenvalue weighted by Crippen LogP contribution is -2.21. The Labute approximate surface area is 113 Å². The minimum atomic E-state index is -1.24. The molecule has 0 spiro atoms. The van der Waals surface area contributed by atoms with Crippen LogP contribution in [0.25, 0.3) is 0 Å². The maximum absolute atomic E-state index is 11.3. The average Bonchev–Trinajstić information content (AvgIpc) is 2.16. The topological polar surface area (TPSA) is 77.8 Å². The minimum Gasteiger partial charge on any atom is -0.507 e. The number of phenolic OH excluding ortho intramolecular Hbond substituents is 1. The van der Waals surface area contributed by atoms with Gasteiger partial charge in [0.2, 0.25) is 0 Å². The first-order chi connectivity index (χ1) is 8.37. The third kappa shape index (κ3) is 2.83. The fourth-order valence-corrected chi connectivity index (χ4v) is 2.18. The quantitative estimate of drug-likeness (QED) is 0.681. The molecule has 3 N–H and O–H groups in total. The Morgan fingerprint density at radius 1 is 1.00 bits per heavy atom. The van der Waals surface area contributed by atoms with Gasteiger partial charge in [0, 0.05) is 11.1 Å². The highest BCUT2D eigenvalue weighted by molar-refractivity contribution is 5.94. The van der Waals surface area contributed by atoms with Gasteiger partial charge >= 0.3 is 5.97 Å². The maximum atomic E-state index is 11.3. The van der Waals surface area contributed by atoms with Gasteiger partial charge in [-0.3, -0.25) is 0 Å². The third-order valence-corrected chi connectivity index (χ3v) is 3.05. The van der Waals surface area contributed by atoms with Gasteiger partial charge in [-0.2, -0.15) is 0 Å². The summed E-state index contributed by atoms with van der Waals surface area (Å²) in [5, 5.41) is 29.7. The van der Waals surface area contributed by atoms with Crippen LogP contribution in [0.3, 0.4) is 0 Å². The number of hydrogen-bond acceptors (Lipinski definition) is 3. The summed E-state index contributed by atoms with van der Waals surface area (Å²) in [6, 6.07) is 1.34. The summed E-state index contributed by atoms with van der Waals surface area (Å²) >= 11 is 0. The third-order valence-electron chi connectivity index (χ3n) is 3.05. The number of aromatic carboxylic acids is 1. The smallest absolute Gasteiger partial charge is 0.339 e. The minimum absolute atomic E-state index is 0.0461.